The maximum atomic E-state index is 8.84. The lowest BCUT2D eigenvalue weighted by Gasteiger charge is -2.04. The standard InChI is InChI=1S/C12H12N4O/c1-8-3-10(5-13)4-11(16-8)14-7-12-15-6-9(2)17-12/h3-4,6H,7H2,1-2H3,(H,14,16). The molecule has 0 amide bonds. The lowest BCUT2D eigenvalue weighted by atomic mass is 10.2. The largest absolute Gasteiger partial charge is 0.444 e. The number of nitrogens with zero attached hydrogens (tertiary/aromatic N) is 3. The van der Waals surface area contributed by atoms with Gasteiger partial charge in [0, 0.05) is 5.69 Å². The summed E-state index contributed by atoms with van der Waals surface area (Å²) in [4.78, 5) is 8.35. The molecule has 0 unspecified atom stereocenters. The molecule has 5 nitrogen and oxygen atoms in total. The second-order valence-corrected chi connectivity index (χ2v) is 3.71. The Balaban J connectivity index is 2.09. The topological polar surface area (TPSA) is 74.7 Å². The zero-order valence-corrected chi connectivity index (χ0v) is 9.69. The molecule has 0 aliphatic rings. The average molecular weight is 228 g/mol. The van der Waals surface area contributed by atoms with E-state index < -0.39 is 0 Å². The van der Waals surface area contributed by atoms with Crippen LogP contribution >= 0.6 is 0 Å². The molecule has 0 spiro atoms. The summed E-state index contributed by atoms with van der Waals surface area (Å²) in [7, 11) is 0. The van der Waals surface area contributed by atoms with Crippen molar-refractivity contribution < 1.29 is 4.42 Å². The molecule has 0 radical (unpaired) electrons. The third-order valence-corrected chi connectivity index (χ3v) is 2.17. The Bertz CT molecular complexity index is 568. The molecule has 2 aromatic rings. The Hall–Kier alpha value is -2.35. The van der Waals surface area contributed by atoms with Crippen LogP contribution in [-0.4, -0.2) is 9.97 Å². The van der Waals surface area contributed by atoms with Gasteiger partial charge in [-0.25, -0.2) is 9.97 Å². The van der Waals surface area contributed by atoms with Crippen molar-refractivity contribution in [2.75, 3.05) is 5.32 Å². The van der Waals surface area contributed by atoms with Crippen LogP contribution in [0, 0.1) is 25.2 Å². The Morgan fingerprint density at radius 3 is 2.88 bits per heavy atom. The average Bonchev–Trinajstić information content (AvgIpc) is 2.72. The van der Waals surface area contributed by atoms with E-state index in [0.29, 0.717) is 23.8 Å². The van der Waals surface area contributed by atoms with Gasteiger partial charge in [-0.1, -0.05) is 0 Å². The van der Waals surface area contributed by atoms with E-state index >= 15 is 0 Å². The number of anilines is 1. The Kier molecular flexibility index (Phi) is 3.06. The maximum Gasteiger partial charge on any atom is 0.213 e. The van der Waals surface area contributed by atoms with Gasteiger partial charge in [0.15, 0.2) is 0 Å². The number of hydrogen-bond donors (Lipinski definition) is 1. The Labute approximate surface area is 99.1 Å². The molecule has 2 heterocycles. The van der Waals surface area contributed by atoms with Crippen LogP contribution in [0.15, 0.2) is 22.7 Å². The van der Waals surface area contributed by atoms with Gasteiger partial charge in [0.05, 0.1) is 24.4 Å². The summed E-state index contributed by atoms with van der Waals surface area (Å²) in [5, 5.41) is 11.9. The van der Waals surface area contributed by atoms with Gasteiger partial charge in [0.2, 0.25) is 5.89 Å². The zero-order valence-electron chi connectivity index (χ0n) is 9.69. The monoisotopic (exact) mass is 228 g/mol. The van der Waals surface area contributed by atoms with E-state index in [-0.39, 0.29) is 0 Å². The number of nitriles is 1. The highest BCUT2D eigenvalue weighted by molar-refractivity contribution is 5.44. The first-order valence-electron chi connectivity index (χ1n) is 5.21. The highest BCUT2D eigenvalue weighted by Gasteiger charge is 2.03. The SMILES string of the molecule is Cc1cc(C#N)cc(NCc2ncc(C)o2)n1. The van der Waals surface area contributed by atoms with Gasteiger partial charge in [0.1, 0.15) is 11.6 Å². The van der Waals surface area contributed by atoms with Crippen molar-refractivity contribution in [3.63, 3.8) is 0 Å². The van der Waals surface area contributed by atoms with Crippen molar-refractivity contribution in [2.24, 2.45) is 0 Å². The van der Waals surface area contributed by atoms with Crippen molar-refractivity contribution in [2.45, 2.75) is 20.4 Å². The van der Waals surface area contributed by atoms with Crippen LogP contribution in [0.4, 0.5) is 5.82 Å². The normalized spacial score (nSPS) is 9.94. The summed E-state index contributed by atoms with van der Waals surface area (Å²) in [5.74, 6) is 2.03. The van der Waals surface area contributed by atoms with Gasteiger partial charge >= 0.3 is 0 Å². The smallest absolute Gasteiger partial charge is 0.213 e. The Morgan fingerprint density at radius 2 is 2.24 bits per heavy atom. The van der Waals surface area contributed by atoms with E-state index in [0.717, 1.165) is 11.5 Å². The van der Waals surface area contributed by atoms with Crippen LogP contribution in [-0.2, 0) is 6.54 Å². The number of pyridine rings is 1. The molecule has 0 saturated carbocycles. The fourth-order valence-electron chi connectivity index (χ4n) is 1.47. The Morgan fingerprint density at radius 1 is 1.41 bits per heavy atom. The van der Waals surface area contributed by atoms with Gasteiger partial charge in [-0.2, -0.15) is 5.26 Å². The number of hydrogen-bond acceptors (Lipinski definition) is 5. The van der Waals surface area contributed by atoms with Gasteiger partial charge in [0.25, 0.3) is 0 Å². The maximum absolute atomic E-state index is 8.84. The van der Waals surface area contributed by atoms with Crippen LogP contribution in [0.25, 0.3) is 0 Å². The fourth-order valence-corrected chi connectivity index (χ4v) is 1.47. The van der Waals surface area contributed by atoms with Crippen molar-refractivity contribution in [1.29, 1.82) is 5.26 Å². The van der Waals surface area contributed by atoms with E-state index in [1.165, 1.54) is 0 Å². The summed E-state index contributed by atoms with van der Waals surface area (Å²) in [6, 6.07) is 5.53. The van der Waals surface area contributed by atoms with Crippen LogP contribution in [0.5, 0.6) is 0 Å². The van der Waals surface area contributed by atoms with Crippen LogP contribution < -0.4 is 5.32 Å². The molecule has 86 valence electrons. The minimum atomic E-state index is 0.454. The fraction of sp³-hybridized carbons (Fsp3) is 0.250. The first kappa shape index (κ1) is 11.1. The third kappa shape index (κ3) is 2.82. The molecule has 2 rings (SSSR count). The van der Waals surface area contributed by atoms with E-state index in [4.69, 9.17) is 9.68 Å². The summed E-state index contributed by atoms with van der Waals surface area (Å²) in [6.07, 6.45) is 1.67. The van der Waals surface area contributed by atoms with Gasteiger partial charge in [-0.3, -0.25) is 0 Å². The number of oxazole rings is 1. The highest BCUT2D eigenvalue weighted by atomic mass is 16.4. The van der Waals surface area contributed by atoms with Gasteiger partial charge < -0.3 is 9.73 Å². The van der Waals surface area contributed by atoms with Crippen LogP contribution in [0.3, 0.4) is 0 Å². The molecule has 0 aliphatic carbocycles. The minimum Gasteiger partial charge on any atom is -0.444 e. The lowest BCUT2D eigenvalue weighted by Crippen LogP contribution is -2.02. The number of nitrogens with one attached hydrogen (secondary N) is 1. The lowest BCUT2D eigenvalue weighted by molar-refractivity contribution is 0.479. The van der Waals surface area contributed by atoms with Crippen molar-refractivity contribution in [3.8, 4) is 6.07 Å². The van der Waals surface area contributed by atoms with Crippen LogP contribution in [0.1, 0.15) is 22.9 Å². The highest BCUT2D eigenvalue weighted by Crippen LogP contribution is 2.11. The summed E-state index contributed by atoms with van der Waals surface area (Å²) < 4.78 is 5.33. The predicted molar refractivity (Wildman–Crippen MR) is 62.3 cm³/mol. The molecule has 0 atom stereocenters. The molecule has 0 saturated heterocycles. The number of aromatic nitrogens is 2. The van der Waals surface area contributed by atoms with Crippen molar-refractivity contribution in [3.05, 3.63) is 41.2 Å². The molecule has 0 bridgehead atoms. The zero-order chi connectivity index (χ0) is 12.3. The molecule has 0 aromatic carbocycles. The van der Waals surface area contributed by atoms with Gasteiger partial charge in [-0.15, -0.1) is 0 Å². The molecule has 17 heavy (non-hydrogen) atoms. The molecule has 2 aromatic heterocycles. The van der Waals surface area contributed by atoms with E-state index in [1.54, 1.807) is 18.3 Å². The second kappa shape index (κ2) is 4.66. The van der Waals surface area contributed by atoms with E-state index in [1.807, 2.05) is 13.8 Å². The quantitative estimate of drug-likeness (QED) is 0.871. The minimum absolute atomic E-state index is 0.454. The number of aryl methyl sites for hydroxylation is 2. The van der Waals surface area contributed by atoms with Crippen molar-refractivity contribution in [1.82, 2.24) is 9.97 Å². The molecule has 0 fully saturated rings. The summed E-state index contributed by atoms with van der Waals surface area (Å²) in [6.45, 7) is 4.14. The second-order valence-electron chi connectivity index (χ2n) is 3.71. The molecule has 0 aliphatic heterocycles. The summed E-state index contributed by atoms with van der Waals surface area (Å²) >= 11 is 0. The first-order chi connectivity index (χ1) is 8.17. The number of rotatable bonds is 3. The molecule has 1 N–H and O–H groups in total. The first-order valence-corrected chi connectivity index (χ1v) is 5.21. The predicted octanol–water partition coefficient (Wildman–Crippen LogP) is 2.17. The van der Waals surface area contributed by atoms with Crippen molar-refractivity contribution >= 4 is 5.82 Å². The third-order valence-electron chi connectivity index (χ3n) is 2.17. The summed E-state index contributed by atoms with van der Waals surface area (Å²) in [5.41, 5.74) is 1.39. The van der Waals surface area contributed by atoms with Gasteiger partial charge in [-0.05, 0) is 26.0 Å². The molecule has 5 heteroatoms. The molecular formula is C12H12N4O. The molecular weight excluding hydrogens is 216 g/mol. The van der Waals surface area contributed by atoms with Crippen LogP contribution in [0.2, 0.25) is 0 Å². The van der Waals surface area contributed by atoms with E-state index in [9.17, 15) is 0 Å². The van der Waals surface area contributed by atoms with E-state index in [2.05, 4.69) is 21.4 Å².